The van der Waals surface area contributed by atoms with Gasteiger partial charge in [-0.3, -0.25) is 9.89 Å². The van der Waals surface area contributed by atoms with Crippen molar-refractivity contribution in [2.24, 2.45) is 0 Å². The van der Waals surface area contributed by atoms with E-state index in [-0.39, 0.29) is 17.5 Å². The van der Waals surface area contributed by atoms with Crippen molar-refractivity contribution in [1.82, 2.24) is 20.2 Å². The topological polar surface area (TPSA) is 104 Å². The van der Waals surface area contributed by atoms with Crippen LogP contribution < -0.4 is 10.0 Å². The highest BCUT2D eigenvalue weighted by Gasteiger charge is 2.16. The number of carbonyl (C=O) groups excluding carboxylic acids is 1. The average Bonchev–Trinajstić information content (AvgIpc) is 3.00. The Kier molecular flexibility index (Phi) is 4.71. The van der Waals surface area contributed by atoms with Crippen LogP contribution in [-0.4, -0.2) is 31.1 Å². The highest BCUT2D eigenvalue weighted by molar-refractivity contribution is 7.89. The molecule has 21 heavy (non-hydrogen) atoms. The molecule has 0 aliphatic carbocycles. The van der Waals surface area contributed by atoms with Crippen molar-refractivity contribution < 1.29 is 13.2 Å². The quantitative estimate of drug-likeness (QED) is 0.725. The number of amides is 1. The van der Waals surface area contributed by atoms with Crippen molar-refractivity contribution in [3.05, 3.63) is 48.3 Å². The van der Waals surface area contributed by atoms with E-state index in [1.54, 1.807) is 37.5 Å². The molecule has 0 radical (unpaired) electrons. The Bertz CT molecular complexity index is 683. The van der Waals surface area contributed by atoms with Crippen LogP contribution >= 0.6 is 0 Å². The maximum Gasteiger partial charge on any atom is 0.241 e. The minimum Gasteiger partial charge on any atom is -0.348 e. The first-order valence-electron chi connectivity index (χ1n) is 6.32. The lowest BCUT2D eigenvalue weighted by molar-refractivity contribution is -0.120. The highest BCUT2D eigenvalue weighted by atomic mass is 32.2. The third-order valence-corrected chi connectivity index (χ3v) is 4.29. The summed E-state index contributed by atoms with van der Waals surface area (Å²) in [6.45, 7) is 1.47. The second-order valence-electron chi connectivity index (χ2n) is 4.46. The Morgan fingerprint density at radius 1 is 1.33 bits per heavy atom. The van der Waals surface area contributed by atoms with E-state index in [2.05, 4.69) is 20.2 Å². The van der Waals surface area contributed by atoms with Crippen LogP contribution in [-0.2, 0) is 14.8 Å². The minimum atomic E-state index is -3.67. The van der Waals surface area contributed by atoms with Gasteiger partial charge in [-0.05, 0) is 19.1 Å². The van der Waals surface area contributed by atoms with Gasteiger partial charge in [-0.15, -0.1) is 0 Å². The zero-order valence-electron chi connectivity index (χ0n) is 11.4. The number of carbonyl (C=O) groups is 1. The lowest BCUT2D eigenvalue weighted by Crippen LogP contribution is -2.37. The maximum atomic E-state index is 11.9. The molecule has 0 saturated carbocycles. The molecule has 7 nitrogen and oxygen atoms in total. The second-order valence-corrected chi connectivity index (χ2v) is 6.23. The van der Waals surface area contributed by atoms with E-state index < -0.39 is 15.9 Å². The number of sulfonamides is 1. The summed E-state index contributed by atoms with van der Waals surface area (Å²) in [6, 6.07) is 7.64. The van der Waals surface area contributed by atoms with Crippen LogP contribution in [0.5, 0.6) is 0 Å². The molecular formula is C13H16N4O3S. The summed E-state index contributed by atoms with van der Waals surface area (Å²) in [5.41, 5.74) is 0.814. The van der Waals surface area contributed by atoms with E-state index in [1.165, 1.54) is 12.1 Å². The van der Waals surface area contributed by atoms with Crippen molar-refractivity contribution >= 4 is 15.9 Å². The van der Waals surface area contributed by atoms with E-state index in [0.29, 0.717) is 0 Å². The maximum absolute atomic E-state index is 11.9. The number of nitrogens with one attached hydrogen (secondary N) is 3. The van der Waals surface area contributed by atoms with Crippen LogP contribution in [0.1, 0.15) is 18.5 Å². The Hall–Kier alpha value is -2.19. The van der Waals surface area contributed by atoms with Gasteiger partial charge in [-0.1, -0.05) is 18.2 Å². The third kappa shape index (κ3) is 4.14. The fourth-order valence-electron chi connectivity index (χ4n) is 1.72. The summed E-state index contributed by atoms with van der Waals surface area (Å²) in [5, 5.41) is 9.12. The molecule has 2 aromatic rings. The average molecular weight is 308 g/mol. The number of hydrogen-bond donors (Lipinski definition) is 3. The van der Waals surface area contributed by atoms with Crippen LogP contribution in [0.4, 0.5) is 0 Å². The minimum absolute atomic E-state index is 0.126. The molecule has 0 spiro atoms. The Balaban J connectivity index is 1.89. The predicted octanol–water partition coefficient (Wildman–Crippen LogP) is 0.565. The van der Waals surface area contributed by atoms with Crippen molar-refractivity contribution in [1.29, 1.82) is 0 Å². The first-order chi connectivity index (χ1) is 9.99. The molecule has 1 aromatic heterocycles. The van der Waals surface area contributed by atoms with Gasteiger partial charge in [-0.25, -0.2) is 13.1 Å². The van der Waals surface area contributed by atoms with Gasteiger partial charge in [0.2, 0.25) is 15.9 Å². The molecule has 0 bridgehead atoms. The lowest BCUT2D eigenvalue weighted by Gasteiger charge is -2.12. The van der Waals surface area contributed by atoms with Gasteiger partial charge >= 0.3 is 0 Å². The molecule has 112 valence electrons. The molecule has 0 aliphatic rings. The lowest BCUT2D eigenvalue weighted by atomic mass is 10.2. The number of nitrogens with zero attached hydrogens (tertiary/aromatic N) is 1. The van der Waals surface area contributed by atoms with Gasteiger partial charge in [0.1, 0.15) is 0 Å². The molecule has 0 saturated heterocycles. The number of rotatable bonds is 6. The smallest absolute Gasteiger partial charge is 0.241 e. The van der Waals surface area contributed by atoms with Gasteiger partial charge in [-0.2, -0.15) is 5.10 Å². The molecule has 1 heterocycles. The monoisotopic (exact) mass is 308 g/mol. The van der Waals surface area contributed by atoms with Gasteiger partial charge in [0.25, 0.3) is 0 Å². The molecule has 1 atom stereocenters. The number of benzene rings is 1. The largest absolute Gasteiger partial charge is 0.348 e. The summed E-state index contributed by atoms with van der Waals surface area (Å²) in [4.78, 5) is 11.9. The SMILES string of the molecule is CC(NC(=O)CNS(=O)(=O)c1ccccc1)c1cn[nH]c1. The van der Waals surface area contributed by atoms with Crippen LogP contribution in [0.2, 0.25) is 0 Å². The zero-order valence-corrected chi connectivity index (χ0v) is 12.2. The van der Waals surface area contributed by atoms with Gasteiger partial charge < -0.3 is 5.32 Å². The summed E-state index contributed by atoms with van der Waals surface area (Å²) >= 11 is 0. The Morgan fingerprint density at radius 3 is 2.67 bits per heavy atom. The van der Waals surface area contributed by atoms with Gasteiger partial charge in [0.15, 0.2) is 0 Å². The number of hydrogen-bond acceptors (Lipinski definition) is 4. The van der Waals surface area contributed by atoms with Gasteiger partial charge in [0, 0.05) is 11.8 Å². The predicted molar refractivity (Wildman–Crippen MR) is 76.8 cm³/mol. The molecule has 1 amide bonds. The molecule has 0 aliphatic heterocycles. The Morgan fingerprint density at radius 2 is 2.05 bits per heavy atom. The summed E-state index contributed by atoms with van der Waals surface area (Å²) in [5.74, 6) is -0.414. The van der Waals surface area contributed by atoms with E-state index >= 15 is 0 Å². The van der Waals surface area contributed by atoms with E-state index in [4.69, 9.17) is 0 Å². The van der Waals surface area contributed by atoms with E-state index in [9.17, 15) is 13.2 Å². The molecule has 1 unspecified atom stereocenters. The molecule has 0 fully saturated rings. The summed E-state index contributed by atoms with van der Waals surface area (Å²) in [7, 11) is -3.67. The molecule has 2 rings (SSSR count). The molecule has 1 aromatic carbocycles. The summed E-state index contributed by atoms with van der Waals surface area (Å²) < 4.78 is 26.2. The van der Waals surface area contributed by atoms with Crippen LogP contribution in [0, 0.1) is 0 Å². The zero-order chi connectivity index (χ0) is 15.3. The fraction of sp³-hybridized carbons (Fsp3) is 0.231. The van der Waals surface area contributed by atoms with Crippen LogP contribution in [0.25, 0.3) is 0 Å². The standard InChI is InChI=1S/C13H16N4O3S/c1-10(11-7-14-15-8-11)17-13(18)9-16-21(19,20)12-5-3-2-4-6-12/h2-8,10,16H,9H2,1H3,(H,14,15)(H,17,18). The van der Waals surface area contributed by atoms with E-state index in [1.807, 2.05) is 0 Å². The molecular weight excluding hydrogens is 292 g/mol. The van der Waals surface area contributed by atoms with E-state index in [0.717, 1.165) is 5.56 Å². The molecule has 3 N–H and O–H groups in total. The van der Waals surface area contributed by atoms with Crippen molar-refractivity contribution in [3.63, 3.8) is 0 Å². The third-order valence-electron chi connectivity index (χ3n) is 2.87. The first-order valence-corrected chi connectivity index (χ1v) is 7.80. The normalized spacial score (nSPS) is 12.8. The number of H-pyrrole nitrogens is 1. The first kappa shape index (κ1) is 15.2. The number of aromatic nitrogens is 2. The highest BCUT2D eigenvalue weighted by Crippen LogP contribution is 2.09. The van der Waals surface area contributed by atoms with Crippen LogP contribution in [0.15, 0.2) is 47.6 Å². The van der Waals surface area contributed by atoms with Gasteiger partial charge in [0.05, 0.1) is 23.7 Å². The number of aromatic amines is 1. The second kappa shape index (κ2) is 6.51. The fourth-order valence-corrected chi connectivity index (χ4v) is 2.72. The van der Waals surface area contributed by atoms with Crippen LogP contribution in [0.3, 0.4) is 0 Å². The Labute approximate surface area is 122 Å². The van der Waals surface area contributed by atoms with Crippen molar-refractivity contribution in [3.8, 4) is 0 Å². The summed E-state index contributed by atoms with van der Waals surface area (Å²) in [6.07, 6.45) is 3.26. The van der Waals surface area contributed by atoms with Crippen molar-refractivity contribution in [2.75, 3.05) is 6.54 Å². The molecule has 8 heteroatoms. The van der Waals surface area contributed by atoms with Crippen molar-refractivity contribution in [2.45, 2.75) is 17.9 Å².